The first-order valence-electron chi connectivity index (χ1n) is 4.99. The van der Waals surface area contributed by atoms with Crippen molar-refractivity contribution in [1.82, 2.24) is 0 Å². The Hall–Kier alpha value is -0.770. The van der Waals surface area contributed by atoms with Crippen LogP contribution in [-0.2, 0) is 6.54 Å². The van der Waals surface area contributed by atoms with Gasteiger partial charge in [0.2, 0.25) is 0 Å². The van der Waals surface area contributed by atoms with E-state index in [1.807, 2.05) is 12.3 Å². The Labute approximate surface area is 113 Å². The van der Waals surface area contributed by atoms with Crippen molar-refractivity contribution in [1.29, 1.82) is 0 Å². The minimum Gasteiger partial charge on any atom is -0.378 e. The number of thiophene rings is 1. The lowest BCUT2D eigenvalue weighted by Gasteiger charge is -2.10. The van der Waals surface area contributed by atoms with Crippen molar-refractivity contribution in [3.8, 4) is 0 Å². The van der Waals surface area contributed by atoms with E-state index in [0.29, 0.717) is 22.3 Å². The molecule has 2 aromatic rings. The molecule has 2 rings (SSSR count). The van der Waals surface area contributed by atoms with Gasteiger partial charge in [-0.2, -0.15) is 0 Å². The van der Waals surface area contributed by atoms with Crippen LogP contribution in [0.25, 0.3) is 0 Å². The molecule has 0 unspecified atom stereocenters. The Morgan fingerprint density at radius 2 is 1.94 bits per heavy atom. The quantitative estimate of drug-likeness (QED) is 0.827. The van der Waals surface area contributed by atoms with Crippen LogP contribution < -0.4 is 5.32 Å². The molecule has 0 aliphatic heterocycles. The van der Waals surface area contributed by atoms with Gasteiger partial charge in [-0.15, -0.1) is 11.3 Å². The van der Waals surface area contributed by atoms with Gasteiger partial charge in [0, 0.05) is 11.4 Å². The predicted molar refractivity (Wildman–Crippen MR) is 72.8 cm³/mol. The molecule has 1 N–H and O–H groups in total. The topological polar surface area (TPSA) is 12.0 Å². The van der Waals surface area contributed by atoms with Crippen LogP contribution >= 0.6 is 34.5 Å². The Morgan fingerprint density at radius 3 is 2.47 bits per heavy atom. The van der Waals surface area contributed by atoms with Gasteiger partial charge in [0.15, 0.2) is 0 Å². The highest BCUT2D eigenvalue weighted by Gasteiger charge is 2.09. The van der Waals surface area contributed by atoms with Gasteiger partial charge < -0.3 is 5.32 Å². The molecule has 1 aromatic heterocycles. The zero-order valence-corrected chi connectivity index (χ0v) is 11.4. The van der Waals surface area contributed by atoms with Gasteiger partial charge in [0.25, 0.3) is 0 Å². The fourth-order valence-corrected chi connectivity index (χ4v) is 2.90. The molecule has 0 radical (unpaired) electrons. The molecule has 5 heteroatoms. The number of nitrogens with one attached hydrogen (secondary N) is 1. The smallest absolute Gasteiger partial charge is 0.126 e. The van der Waals surface area contributed by atoms with Crippen molar-refractivity contribution in [2.45, 2.75) is 13.5 Å². The molecule has 1 nitrogen and oxygen atoms in total. The summed E-state index contributed by atoms with van der Waals surface area (Å²) >= 11 is 13.5. The first-order valence-corrected chi connectivity index (χ1v) is 6.63. The summed E-state index contributed by atoms with van der Waals surface area (Å²) in [5, 5.41) is 5.75. The van der Waals surface area contributed by atoms with Gasteiger partial charge >= 0.3 is 0 Å². The second-order valence-electron chi connectivity index (χ2n) is 3.62. The zero-order chi connectivity index (χ0) is 12.4. The number of benzene rings is 1. The summed E-state index contributed by atoms with van der Waals surface area (Å²) in [4.78, 5) is 1.21. The zero-order valence-electron chi connectivity index (χ0n) is 9.06. The van der Waals surface area contributed by atoms with E-state index < -0.39 is 5.82 Å². The van der Waals surface area contributed by atoms with E-state index in [2.05, 4.69) is 11.4 Å². The molecule has 0 aliphatic rings. The number of hydrogen-bond acceptors (Lipinski definition) is 2. The van der Waals surface area contributed by atoms with Crippen molar-refractivity contribution in [2.75, 3.05) is 5.32 Å². The Morgan fingerprint density at radius 1 is 1.29 bits per heavy atom. The maximum atomic E-state index is 13.0. The Bertz CT molecular complexity index is 516. The molecule has 90 valence electrons. The van der Waals surface area contributed by atoms with Gasteiger partial charge in [-0.3, -0.25) is 0 Å². The number of rotatable bonds is 3. The SMILES string of the molecule is Cc1ccsc1CNc1c(Cl)cc(F)cc1Cl. The van der Waals surface area contributed by atoms with Crippen LogP contribution in [0.5, 0.6) is 0 Å². The normalized spacial score (nSPS) is 10.6. The summed E-state index contributed by atoms with van der Waals surface area (Å²) in [5.41, 5.74) is 1.79. The number of aryl methyl sites for hydroxylation is 1. The summed E-state index contributed by atoms with van der Waals surface area (Å²) in [7, 11) is 0. The van der Waals surface area contributed by atoms with Crippen LogP contribution in [0.3, 0.4) is 0 Å². The van der Waals surface area contributed by atoms with Crippen molar-refractivity contribution >= 4 is 40.2 Å². The minimum absolute atomic E-state index is 0.296. The second kappa shape index (κ2) is 5.25. The molecule has 17 heavy (non-hydrogen) atoms. The largest absolute Gasteiger partial charge is 0.378 e. The van der Waals surface area contributed by atoms with Crippen molar-refractivity contribution in [3.05, 3.63) is 49.9 Å². The van der Waals surface area contributed by atoms with Crippen LogP contribution in [0, 0.1) is 12.7 Å². The number of anilines is 1. The van der Waals surface area contributed by atoms with E-state index in [4.69, 9.17) is 23.2 Å². The molecule has 0 saturated carbocycles. The lowest BCUT2D eigenvalue weighted by molar-refractivity contribution is 0.628. The van der Waals surface area contributed by atoms with Crippen molar-refractivity contribution in [2.24, 2.45) is 0 Å². The van der Waals surface area contributed by atoms with E-state index >= 15 is 0 Å². The fourth-order valence-electron chi connectivity index (χ4n) is 1.46. The molecule has 0 fully saturated rings. The number of halogens is 3. The van der Waals surface area contributed by atoms with E-state index in [-0.39, 0.29) is 0 Å². The molecular formula is C12H10Cl2FNS. The highest BCUT2D eigenvalue weighted by molar-refractivity contribution is 7.10. The van der Waals surface area contributed by atoms with Gasteiger partial charge in [-0.25, -0.2) is 4.39 Å². The monoisotopic (exact) mass is 289 g/mol. The highest BCUT2D eigenvalue weighted by Crippen LogP contribution is 2.32. The molecule has 1 heterocycles. The highest BCUT2D eigenvalue weighted by atomic mass is 35.5. The van der Waals surface area contributed by atoms with E-state index in [9.17, 15) is 4.39 Å². The summed E-state index contributed by atoms with van der Waals surface area (Å²) < 4.78 is 13.0. The Balaban J connectivity index is 2.17. The minimum atomic E-state index is -0.433. The first-order chi connectivity index (χ1) is 8.08. The molecule has 0 amide bonds. The van der Waals surface area contributed by atoms with E-state index in [1.165, 1.54) is 22.6 Å². The standard InChI is InChI=1S/C12H10Cl2FNS/c1-7-2-3-17-11(7)6-16-12-9(13)4-8(15)5-10(12)14/h2-5,16H,6H2,1H3. The lowest BCUT2D eigenvalue weighted by Crippen LogP contribution is -2.00. The van der Waals surface area contributed by atoms with Gasteiger partial charge in [-0.05, 0) is 36.1 Å². The molecular weight excluding hydrogens is 280 g/mol. The van der Waals surface area contributed by atoms with Crippen LogP contribution in [0.15, 0.2) is 23.6 Å². The van der Waals surface area contributed by atoms with Gasteiger partial charge in [-0.1, -0.05) is 23.2 Å². The predicted octanol–water partition coefficient (Wildman–Crippen LogP) is 5.11. The average molecular weight is 290 g/mol. The average Bonchev–Trinajstić information content (AvgIpc) is 2.62. The third-order valence-corrected chi connectivity index (χ3v) is 4.02. The van der Waals surface area contributed by atoms with Crippen molar-refractivity contribution in [3.63, 3.8) is 0 Å². The molecule has 0 spiro atoms. The second-order valence-corrected chi connectivity index (χ2v) is 5.44. The molecule has 0 bridgehead atoms. The van der Waals surface area contributed by atoms with Crippen LogP contribution in [0.2, 0.25) is 10.0 Å². The Kier molecular flexibility index (Phi) is 3.92. The maximum Gasteiger partial charge on any atom is 0.126 e. The fraction of sp³-hybridized carbons (Fsp3) is 0.167. The summed E-state index contributed by atoms with van der Waals surface area (Å²) in [6, 6.07) is 4.55. The first kappa shape index (κ1) is 12.7. The van der Waals surface area contributed by atoms with Gasteiger partial charge in [0.1, 0.15) is 5.82 Å². The van der Waals surface area contributed by atoms with Crippen LogP contribution in [-0.4, -0.2) is 0 Å². The third kappa shape index (κ3) is 2.92. The van der Waals surface area contributed by atoms with Crippen molar-refractivity contribution < 1.29 is 4.39 Å². The molecule has 0 saturated heterocycles. The summed E-state index contributed by atoms with van der Waals surface area (Å²) in [6.45, 7) is 2.68. The molecule has 0 aliphatic carbocycles. The molecule has 1 aromatic carbocycles. The van der Waals surface area contributed by atoms with Crippen LogP contribution in [0.1, 0.15) is 10.4 Å². The summed E-state index contributed by atoms with van der Waals surface area (Å²) in [5.74, 6) is -0.433. The number of hydrogen-bond donors (Lipinski definition) is 1. The van der Waals surface area contributed by atoms with Crippen LogP contribution in [0.4, 0.5) is 10.1 Å². The third-order valence-electron chi connectivity index (χ3n) is 2.40. The lowest BCUT2D eigenvalue weighted by atomic mass is 10.2. The maximum absolute atomic E-state index is 13.0. The van der Waals surface area contributed by atoms with E-state index in [1.54, 1.807) is 11.3 Å². The summed E-state index contributed by atoms with van der Waals surface area (Å²) in [6.07, 6.45) is 0. The van der Waals surface area contributed by atoms with Gasteiger partial charge in [0.05, 0.1) is 15.7 Å². The van der Waals surface area contributed by atoms with E-state index in [0.717, 1.165) is 0 Å². The molecule has 0 atom stereocenters.